The largest absolute Gasteiger partial charge is 0.399 e. The Balaban J connectivity index is 1.93. The first kappa shape index (κ1) is 13.1. The smallest absolute Gasteiger partial charge is 0.368 e. The molecule has 0 amide bonds. The lowest BCUT2D eigenvalue weighted by molar-refractivity contribution is 0.631. The number of tetrazole rings is 1. The van der Waals surface area contributed by atoms with E-state index >= 15 is 0 Å². The Morgan fingerprint density at radius 2 is 1.86 bits per heavy atom. The lowest BCUT2D eigenvalue weighted by atomic mass is 10.1. The zero-order valence-corrected chi connectivity index (χ0v) is 11.6. The topological polar surface area (TPSA) is 78.7 Å². The van der Waals surface area contributed by atoms with Gasteiger partial charge >= 0.3 is 5.69 Å². The van der Waals surface area contributed by atoms with Gasteiger partial charge in [-0.1, -0.05) is 30.3 Å². The van der Waals surface area contributed by atoms with Crippen LogP contribution in [0.5, 0.6) is 0 Å². The molecule has 0 fully saturated rings. The molecule has 0 atom stereocenters. The van der Waals surface area contributed by atoms with Gasteiger partial charge in [0, 0.05) is 5.69 Å². The van der Waals surface area contributed by atoms with E-state index in [0.717, 1.165) is 16.8 Å². The maximum Gasteiger partial charge on any atom is 0.368 e. The molecule has 0 radical (unpaired) electrons. The van der Waals surface area contributed by atoms with Crippen molar-refractivity contribution in [1.29, 1.82) is 0 Å². The number of nitrogens with zero attached hydrogens (tertiary/aromatic N) is 4. The number of aromatic nitrogens is 4. The Morgan fingerprint density at radius 3 is 2.57 bits per heavy atom. The zero-order chi connectivity index (χ0) is 14.8. The van der Waals surface area contributed by atoms with Gasteiger partial charge in [-0.05, 0) is 46.7 Å². The van der Waals surface area contributed by atoms with Crippen LogP contribution in [0.4, 0.5) is 5.69 Å². The molecule has 0 spiro atoms. The molecule has 2 N–H and O–H groups in total. The van der Waals surface area contributed by atoms with Crippen LogP contribution in [0, 0.1) is 6.92 Å². The van der Waals surface area contributed by atoms with E-state index in [2.05, 4.69) is 10.4 Å². The molecule has 0 bridgehead atoms. The number of hydrogen-bond acceptors (Lipinski definition) is 4. The molecule has 2 aromatic carbocycles. The number of benzene rings is 2. The predicted molar refractivity (Wildman–Crippen MR) is 80.3 cm³/mol. The minimum Gasteiger partial charge on any atom is -0.399 e. The number of aryl methyl sites for hydroxylation is 1. The van der Waals surface area contributed by atoms with Gasteiger partial charge in [-0.25, -0.2) is 4.79 Å². The molecule has 0 saturated heterocycles. The molecule has 21 heavy (non-hydrogen) atoms. The second-order valence-corrected chi connectivity index (χ2v) is 4.86. The van der Waals surface area contributed by atoms with Gasteiger partial charge < -0.3 is 5.73 Å². The monoisotopic (exact) mass is 281 g/mol. The molecule has 3 aromatic rings. The normalized spacial score (nSPS) is 10.7. The Bertz CT molecular complexity index is 820. The third kappa shape index (κ3) is 2.55. The zero-order valence-electron chi connectivity index (χ0n) is 11.6. The molecule has 1 aromatic heterocycles. The van der Waals surface area contributed by atoms with Gasteiger partial charge in [0.2, 0.25) is 0 Å². The van der Waals surface area contributed by atoms with Crippen molar-refractivity contribution in [2.75, 3.05) is 5.73 Å². The number of anilines is 1. The van der Waals surface area contributed by atoms with Crippen LogP contribution in [0.1, 0.15) is 11.1 Å². The molecular formula is C15H15N5O. The summed E-state index contributed by atoms with van der Waals surface area (Å²) >= 11 is 0. The van der Waals surface area contributed by atoms with Gasteiger partial charge in [0.1, 0.15) is 0 Å². The van der Waals surface area contributed by atoms with Crippen molar-refractivity contribution >= 4 is 5.69 Å². The Hall–Kier alpha value is -2.89. The first-order chi connectivity index (χ1) is 10.1. The quantitative estimate of drug-likeness (QED) is 0.735. The highest BCUT2D eigenvalue weighted by molar-refractivity contribution is 5.47. The lowest BCUT2D eigenvalue weighted by Crippen LogP contribution is -2.24. The molecule has 1 heterocycles. The van der Waals surface area contributed by atoms with Crippen molar-refractivity contribution in [3.05, 3.63) is 70.1 Å². The summed E-state index contributed by atoms with van der Waals surface area (Å²) in [7, 11) is 0. The number of hydrogen-bond donors (Lipinski definition) is 1. The van der Waals surface area contributed by atoms with Crippen LogP contribution in [0.2, 0.25) is 0 Å². The maximum atomic E-state index is 12.3. The van der Waals surface area contributed by atoms with Crippen molar-refractivity contribution in [2.24, 2.45) is 0 Å². The first-order valence-electron chi connectivity index (χ1n) is 6.58. The molecule has 6 heteroatoms. The summed E-state index contributed by atoms with van der Waals surface area (Å²) in [6.45, 7) is 2.30. The minimum atomic E-state index is -0.268. The summed E-state index contributed by atoms with van der Waals surface area (Å²) in [5, 5.41) is 7.84. The molecule has 0 aliphatic heterocycles. The van der Waals surface area contributed by atoms with Crippen molar-refractivity contribution in [3.63, 3.8) is 0 Å². The van der Waals surface area contributed by atoms with E-state index in [1.807, 2.05) is 55.5 Å². The highest BCUT2D eigenvalue weighted by Crippen LogP contribution is 2.13. The molecule has 6 nitrogen and oxygen atoms in total. The molecule has 0 aliphatic rings. The molecule has 0 saturated carbocycles. The molecule has 0 aliphatic carbocycles. The van der Waals surface area contributed by atoms with Gasteiger partial charge in [-0.2, -0.15) is 9.36 Å². The summed E-state index contributed by atoms with van der Waals surface area (Å²) in [5.41, 5.74) is 8.90. The van der Waals surface area contributed by atoms with Gasteiger partial charge in [0.05, 0.1) is 12.2 Å². The average molecular weight is 281 g/mol. The third-order valence-electron chi connectivity index (χ3n) is 3.31. The fraction of sp³-hybridized carbons (Fsp3) is 0.133. The summed E-state index contributed by atoms with van der Waals surface area (Å²) in [6, 6.07) is 14.9. The summed E-state index contributed by atoms with van der Waals surface area (Å²) in [4.78, 5) is 12.3. The van der Waals surface area contributed by atoms with Gasteiger partial charge in [-0.15, -0.1) is 0 Å². The third-order valence-corrected chi connectivity index (χ3v) is 3.31. The van der Waals surface area contributed by atoms with Crippen molar-refractivity contribution in [1.82, 2.24) is 19.8 Å². The molecule has 3 rings (SSSR count). The van der Waals surface area contributed by atoms with E-state index in [1.54, 1.807) is 0 Å². The van der Waals surface area contributed by atoms with E-state index in [9.17, 15) is 4.79 Å². The number of nitrogens with two attached hydrogens (primary N) is 1. The molecule has 0 unspecified atom stereocenters. The van der Waals surface area contributed by atoms with E-state index in [-0.39, 0.29) is 5.69 Å². The first-order valence-corrected chi connectivity index (χ1v) is 6.58. The van der Waals surface area contributed by atoms with Crippen LogP contribution < -0.4 is 11.4 Å². The fourth-order valence-corrected chi connectivity index (χ4v) is 2.11. The van der Waals surface area contributed by atoms with Crippen LogP contribution in [0.15, 0.2) is 53.3 Å². The maximum absolute atomic E-state index is 12.3. The Kier molecular flexibility index (Phi) is 3.27. The standard InChI is InChI=1S/C15H15N5O/c1-11-9-12(7-8-14(11)16)10-19-15(21)20(18-17-19)13-5-3-2-4-6-13/h2-9H,10,16H2,1H3. The van der Waals surface area contributed by atoms with Crippen LogP contribution in [-0.2, 0) is 6.54 Å². The highest BCUT2D eigenvalue weighted by atomic mass is 16.2. The lowest BCUT2D eigenvalue weighted by Gasteiger charge is -2.04. The Labute approximate surface area is 121 Å². The SMILES string of the molecule is Cc1cc(Cn2nnn(-c3ccccc3)c2=O)ccc1N. The van der Waals surface area contributed by atoms with Gasteiger partial charge in [0.15, 0.2) is 0 Å². The second kappa shape index (κ2) is 5.24. The van der Waals surface area contributed by atoms with E-state index in [0.29, 0.717) is 12.2 Å². The van der Waals surface area contributed by atoms with Crippen molar-refractivity contribution in [3.8, 4) is 5.69 Å². The minimum absolute atomic E-state index is 0.268. The van der Waals surface area contributed by atoms with Crippen LogP contribution >= 0.6 is 0 Å². The van der Waals surface area contributed by atoms with Crippen LogP contribution in [-0.4, -0.2) is 19.8 Å². The summed E-state index contributed by atoms with van der Waals surface area (Å²) < 4.78 is 2.61. The Morgan fingerprint density at radius 1 is 1.10 bits per heavy atom. The number of nitrogen functional groups attached to an aromatic ring is 1. The summed E-state index contributed by atoms with van der Waals surface area (Å²) in [5.74, 6) is 0. The number of rotatable bonds is 3. The average Bonchev–Trinajstić information content (AvgIpc) is 2.85. The van der Waals surface area contributed by atoms with Gasteiger partial charge in [-0.3, -0.25) is 0 Å². The van der Waals surface area contributed by atoms with E-state index in [4.69, 9.17) is 5.73 Å². The predicted octanol–water partition coefficient (Wildman–Crippen LogP) is 1.37. The van der Waals surface area contributed by atoms with Crippen molar-refractivity contribution < 1.29 is 0 Å². The molecular weight excluding hydrogens is 266 g/mol. The highest BCUT2D eigenvalue weighted by Gasteiger charge is 2.09. The van der Waals surface area contributed by atoms with Crippen LogP contribution in [0.25, 0.3) is 5.69 Å². The second-order valence-electron chi connectivity index (χ2n) is 4.86. The molecule has 106 valence electrons. The van der Waals surface area contributed by atoms with Gasteiger partial charge in [0.25, 0.3) is 0 Å². The van der Waals surface area contributed by atoms with Crippen molar-refractivity contribution in [2.45, 2.75) is 13.5 Å². The fourth-order valence-electron chi connectivity index (χ4n) is 2.11. The summed E-state index contributed by atoms with van der Waals surface area (Å²) in [6.07, 6.45) is 0. The van der Waals surface area contributed by atoms with Crippen LogP contribution in [0.3, 0.4) is 0 Å². The van der Waals surface area contributed by atoms with E-state index < -0.39 is 0 Å². The number of para-hydroxylation sites is 1. The van der Waals surface area contributed by atoms with E-state index in [1.165, 1.54) is 9.36 Å².